The molecule has 0 atom stereocenters. The van der Waals surface area contributed by atoms with Crippen LogP contribution in [0.1, 0.15) is 31.2 Å². The molecule has 1 fully saturated rings. The molecule has 0 aliphatic heterocycles. The summed E-state index contributed by atoms with van der Waals surface area (Å²) in [5.74, 6) is 0.651. The Morgan fingerprint density at radius 3 is 2.89 bits per heavy atom. The van der Waals surface area contributed by atoms with Gasteiger partial charge < -0.3 is 10.1 Å². The van der Waals surface area contributed by atoms with Crippen LogP contribution in [0.25, 0.3) is 0 Å². The summed E-state index contributed by atoms with van der Waals surface area (Å²) >= 11 is 0. The normalized spacial score (nSPS) is 15.6. The fourth-order valence-electron chi connectivity index (χ4n) is 2.30. The zero-order valence-corrected chi connectivity index (χ0v) is 11.1. The Bertz CT molecular complexity index is 445. The second-order valence-corrected chi connectivity index (χ2v) is 4.82. The number of nitrogens with zero attached hydrogens (tertiary/aromatic N) is 2. The molecule has 2 rings (SSSR count). The lowest BCUT2D eigenvalue weighted by Gasteiger charge is -2.11. The van der Waals surface area contributed by atoms with E-state index in [1.807, 2.05) is 0 Å². The van der Waals surface area contributed by atoms with Gasteiger partial charge >= 0.3 is 0 Å². The Balaban J connectivity index is 1.76. The minimum Gasteiger partial charge on any atom is -0.376 e. The fourth-order valence-corrected chi connectivity index (χ4v) is 2.30. The van der Waals surface area contributed by atoms with Crippen LogP contribution in [0.15, 0.2) is 12.3 Å². The Morgan fingerprint density at radius 1 is 1.53 bits per heavy atom. The van der Waals surface area contributed by atoms with E-state index in [1.165, 1.54) is 19.0 Å². The van der Waals surface area contributed by atoms with Gasteiger partial charge in [-0.15, -0.1) is 0 Å². The van der Waals surface area contributed by atoms with Crippen molar-refractivity contribution in [3.63, 3.8) is 0 Å². The molecule has 0 bridgehead atoms. The van der Waals surface area contributed by atoms with Gasteiger partial charge in [0.25, 0.3) is 5.69 Å². The molecule has 0 saturated heterocycles. The highest BCUT2D eigenvalue weighted by atomic mass is 16.6. The molecule has 0 unspecified atom stereocenters. The van der Waals surface area contributed by atoms with Gasteiger partial charge in [-0.25, -0.2) is 4.98 Å². The molecule has 104 valence electrons. The van der Waals surface area contributed by atoms with E-state index in [-0.39, 0.29) is 5.69 Å². The van der Waals surface area contributed by atoms with E-state index in [2.05, 4.69) is 10.3 Å². The summed E-state index contributed by atoms with van der Waals surface area (Å²) in [6.45, 7) is 3.02. The number of hydrogen-bond acceptors (Lipinski definition) is 5. The zero-order valence-electron chi connectivity index (χ0n) is 11.1. The van der Waals surface area contributed by atoms with Gasteiger partial charge in [-0.05, 0) is 25.8 Å². The Kier molecular flexibility index (Phi) is 4.68. The van der Waals surface area contributed by atoms with Crippen LogP contribution >= 0.6 is 0 Å². The molecular weight excluding hydrogens is 246 g/mol. The molecule has 0 amide bonds. The highest BCUT2D eigenvalue weighted by Crippen LogP contribution is 2.21. The summed E-state index contributed by atoms with van der Waals surface area (Å²) in [5, 5.41) is 13.8. The Labute approximate surface area is 112 Å². The van der Waals surface area contributed by atoms with Crippen LogP contribution in [0, 0.1) is 17.0 Å². The number of pyridine rings is 1. The molecule has 6 heteroatoms. The summed E-state index contributed by atoms with van der Waals surface area (Å²) in [6.07, 6.45) is 6.55. The van der Waals surface area contributed by atoms with Gasteiger partial charge in [0, 0.05) is 12.1 Å². The lowest BCUT2D eigenvalue weighted by Crippen LogP contribution is -2.16. The number of anilines is 1. The van der Waals surface area contributed by atoms with E-state index in [1.54, 1.807) is 13.0 Å². The van der Waals surface area contributed by atoms with Gasteiger partial charge in [0.15, 0.2) is 0 Å². The first-order valence-corrected chi connectivity index (χ1v) is 6.63. The highest BCUT2D eigenvalue weighted by molar-refractivity contribution is 5.46. The molecule has 0 aromatic carbocycles. The fraction of sp³-hybridized carbons (Fsp3) is 0.615. The molecule has 1 aromatic heterocycles. The lowest BCUT2D eigenvalue weighted by atomic mass is 10.2. The van der Waals surface area contributed by atoms with Gasteiger partial charge in [-0.1, -0.05) is 12.8 Å². The molecule has 0 spiro atoms. The van der Waals surface area contributed by atoms with Crippen molar-refractivity contribution in [2.45, 2.75) is 38.7 Å². The maximum absolute atomic E-state index is 10.7. The van der Waals surface area contributed by atoms with E-state index in [0.717, 1.165) is 12.8 Å². The van der Waals surface area contributed by atoms with Crippen molar-refractivity contribution < 1.29 is 9.66 Å². The predicted molar refractivity (Wildman–Crippen MR) is 72.3 cm³/mol. The van der Waals surface area contributed by atoms with Crippen molar-refractivity contribution >= 4 is 11.5 Å². The van der Waals surface area contributed by atoms with Gasteiger partial charge in [0.05, 0.1) is 17.6 Å². The number of nitro groups is 1. The van der Waals surface area contributed by atoms with Gasteiger partial charge in [-0.3, -0.25) is 10.1 Å². The summed E-state index contributed by atoms with van der Waals surface area (Å²) < 4.78 is 5.72. The first kappa shape index (κ1) is 13.7. The summed E-state index contributed by atoms with van der Waals surface area (Å²) in [6, 6.07) is 1.69. The minimum atomic E-state index is -0.421. The molecule has 1 saturated carbocycles. The molecule has 1 heterocycles. The maximum atomic E-state index is 10.7. The quantitative estimate of drug-likeness (QED) is 0.486. The van der Waals surface area contributed by atoms with Crippen molar-refractivity contribution in [3.8, 4) is 0 Å². The molecule has 1 aliphatic rings. The van der Waals surface area contributed by atoms with Gasteiger partial charge in [0.1, 0.15) is 12.0 Å². The van der Waals surface area contributed by atoms with E-state index >= 15 is 0 Å². The van der Waals surface area contributed by atoms with Crippen LogP contribution in [0.4, 0.5) is 11.5 Å². The zero-order chi connectivity index (χ0) is 13.7. The average molecular weight is 265 g/mol. The van der Waals surface area contributed by atoms with Gasteiger partial charge in [-0.2, -0.15) is 0 Å². The molecule has 19 heavy (non-hydrogen) atoms. The first-order valence-electron chi connectivity index (χ1n) is 6.63. The van der Waals surface area contributed by atoms with E-state index in [0.29, 0.717) is 30.6 Å². The monoisotopic (exact) mass is 265 g/mol. The third-order valence-electron chi connectivity index (χ3n) is 3.34. The number of hydrogen-bond donors (Lipinski definition) is 1. The Morgan fingerprint density at radius 2 is 2.26 bits per heavy atom. The third kappa shape index (κ3) is 3.89. The number of ether oxygens (including phenoxy) is 1. The van der Waals surface area contributed by atoms with Crippen LogP contribution < -0.4 is 5.32 Å². The lowest BCUT2D eigenvalue weighted by molar-refractivity contribution is -0.385. The van der Waals surface area contributed by atoms with Gasteiger partial charge in [0.2, 0.25) is 0 Å². The molecule has 6 nitrogen and oxygen atoms in total. The molecular formula is C13H19N3O3. The van der Waals surface area contributed by atoms with Crippen molar-refractivity contribution in [1.29, 1.82) is 0 Å². The summed E-state index contributed by atoms with van der Waals surface area (Å²) in [7, 11) is 0. The minimum absolute atomic E-state index is 0.0488. The molecule has 1 aromatic rings. The second-order valence-electron chi connectivity index (χ2n) is 4.82. The SMILES string of the molecule is Cc1cc(NCCOC2CCCC2)ncc1[N+](=O)[O-]. The largest absolute Gasteiger partial charge is 0.376 e. The van der Waals surface area contributed by atoms with Crippen LogP contribution in [-0.2, 0) is 4.74 Å². The van der Waals surface area contributed by atoms with Crippen molar-refractivity contribution in [3.05, 3.63) is 27.9 Å². The number of aromatic nitrogens is 1. The standard InChI is InChI=1S/C13H19N3O3/c1-10-8-13(15-9-12(10)16(17)18)14-6-7-19-11-4-2-3-5-11/h8-9,11H,2-7H2,1H3,(H,14,15). The average Bonchev–Trinajstić information content (AvgIpc) is 2.87. The number of rotatable bonds is 6. The highest BCUT2D eigenvalue weighted by Gasteiger charge is 2.15. The van der Waals surface area contributed by atoms with E-state index in [4.69, 9.17) is 4.74 Å². The van der Waals surface area contributed by atoms with Crippen molar-refractivity contribution in [2.24, 2.45) is 0 Å². The molecule has 1 aliphatic carbocycles. The van der Waals surface area contributed by atoms with Crippen LogP contribution in [0.2, 0.25) is 0 Å². The molecule has 1 N–H and O–H groups in total. The van der Waals surface area contributed by atoms with Crippen LogP contribution in [0.3, 0.4) is 0 Å². The first-order chi connectivity index (χ1) is 9.16. The second kappa shape index (κ2) is 6.47. The summed E-state index contributed by atoms with van der Waals surface area (Å²) in [4.78, 5) is 14.3. The van der Waals surface area contributed by atoms with E-state index < -0.39 is 4.92 Å². The number of aryl methyl sites for hydroxylation is 1. The van der Waals surface area contributed by atoms with E-state index in [9.17, 15) is 10.1 Å². The number of nitrogens with one attached hydrogen (secondary N) is 1. The maximum Gasteiger partial charge on any atom is 0.290 e. The molecule has 0 radical (unpaired) electrons. The van der Waals surface area contributed by atoms with Crippen molar-refractivity contribution in [2.75, 3.05) is 18.5 Å². The van der Waals surface area contributed by atoms with Crippen LogP contribution in [-0.4, -0.2) is 29.2 Å². The van der Waals surface area contributed by atoms with Crippen molar-refractivity contribution in [1.82, 2.24) is 4.98 Å². The summed E-state index contributed by atoms with van der Waals surface area (Å²) in [5.41, 5.74) is 0.659. The Hall–Kier alpha value is -1.69. The predicted octanol–water partition coefficient (Wildman–Crippen LogP) is 2.67. The smallest absolute Gasteiger partial charge is 0.290 e. The third-order valence-corrected chi connectivity index (χ3v) is 3.34. The van der Waals surface area contributed by atoms with Crippen LogP contribution in [0.5, 0.6) is 0 Å². The topological polar surface area (TPSA) is 77.3 Å².